The van der Waals surface area contributed by atoms with E-state index in [9.17, 15) is 9.59 Å². The molecule has 3 aromatic carbocycles. The summed E-state index contributed by atoms with van der Waals surface area (Å²) in [6, 6.07) is 23.4. The van der Waals surface area contributed by atoms with Crippen LogP contribution in [0, 0.1) is 0 Å². The number of nitrogens with zero attached hydrogens (tertiary/aromatic N) is 2. The van der Waals surface area contributed by atoms with Crippen LogP contribution in [0.1, 0.15) is 36.5 Å². The van der Waals surface area contributed by atoms with Gasteiger partial charge in [-0.1, -0.05) is 54.1 Å². The maximum Gasteiger partial charge on any atom is 0.251 e. The van der Waals surface area contributed by atoms with E-state index in [0.717, 1.165) is 52.2 Å². The second kappa shape index (κ2) is 15.4. The number of rotatable bonds is 13. The first-order valence-corrected chi connectivity index (χ1v) is 15.9. The second-order valence-electron chi connectivity index (χ2n) is 11.6. The van der Waals surface area contributed by atoms with E-state index in [1.54, 1.807) is 18.9 Å². The fourth-order valence-electron chi connectivity index (χ4n) is 5.99. The fourth-order valence-corrected chi connectivity index (χ4v) is 6.11. The minimum Gasteiger partial charge on any atom is -0.496 e. The number of piperazine rings is 1. The van der Waals surface area contributed by atoms with Gasteiger partial charge in [0.1, 0.15) is 11.5 Å². The predicted molar refractivity (Wildman–Crippen MR) is 176 cm³/mol. The molecular weight excluding hydrogens is 590 g/mol. The van der Waals surface area contributed by atoms with E-state index in [0.29, 0.717) is 50.9 Å². The highest BCUT2D eigenvalue weighted by atomic mass is 35.5. The number of amides is 2. The number of hydrogen-bond donors (Lipinski definition) is 1. The van der Waals surface area contributed by atoms with Gasteiger partial charge in [-0.15, -0.1) is 0 Å². The maximum atomic E-state index is 14.0. The van der Waals surface area contributed by atoms with Crippen LogP contribution in [0.25, 0.3) is 5.57 Å². The zero-order valence-electron chi connectivity index (χ0n) is 26.3. The number of hydrogen-bond acceptors (Lipinski definition) is 6. The van der Waals surface area contributed by atoms with Crippen molar-refractivity contribution in [3.8, 4) is 11.5 Å². The van der Waals surface area contributed by atoms with Crippen molar-refractivity contribution in [2.24, 2.45) is 0 Å². The Balaban J connectivity index is 1.23. The van der Waals surface area contributed by atoms with Gasteiger partial charge >= 0.3 is 0 Å². The molecule has 1 saturated heterocycles. The molecule has 1 fully saturated rings. The summed E-state index contributed by atoms with van der Waals surface area (Å²) in [5.41, 5.74) is 4.91. The van der Waals surface area contributed by atoms with E-state index in [4.69, 9.17) is 25.8 Å². The van der Waals surface area contributed by atoms with Crippen LogP contribution in [0.15, 0.2) is 78.4 Å². The lowest BCUT2D eigenvalue weighted by atomic mass is 9.83. The normalized spacial score (nSPS) is 17.6. The average molecular weight is 632 g/mol. The van der Waals surface area contributed by atoms with Crippen LogP contribution >= 0.6 is 11.6 Å². The van der Waals surface area contributed by atoms with Gasteiger partial charge in [0.25, 0.3) is 5.91 Å². The Kier molecular flexibility index (Phi) is 11.2. The van der Waals surface area contributed by atoms with Crippen LogP contribution in [-0.2, 0) is 27.4 Å². The van der Waals surface area contributed by atoms with Crippen LogP contribution in [-0.4, -0.2) is 80.7 Å². The van der Waals surface area contributed by atoms with Crippen molar-refractivity contribution in [1.82, 2.24) is 15.1 Å². The van der Waals surface area contributed by atoms with Gasteiger partial charge in [0.2, 0.25) is 5.91 Å². The van der Waals surface area contributed by atoms with Crippen LogP contribution in [0.3, 0.4) is 0 Å². The third-order valence-corrected chi connectivity index (χ3v) is 8.68. The molecular formula is C36H42ClN3O5. The molecule has 0 radical (unpaired) electrons. The zero-order chi connectivity index (χ0) is 31.8. The summed E-state index contributed by atoms with van der Waals surface area (Å²) in [6.45, 7) is 4.87. The van der Waals surface area contributed by atoms with E-state index in [-0.39, 0.29) is 23.9 Å². The summed E-state index contributed by atoms with van der Waals surface area (Å²) in [7, 11) is 3.51. The summed E-state index contributed by atoms with van der Waals surface area (Å²) in [5.74, 6) is 1.61. The number of carbonyl (C=O) groups is 2. The van der Waals surface area contributed by atoms with Crippen molar-refractivity contribution < 1.29 is 23.8 Å². The summed E-state index contributed by atoms with van der Waals surface area (Å²) in [4.78, 5) is 29.9. The van der Waals surface area contributed by atoms with Gasteiger partial charge in [-0.3, -0.25) is 9.59 Å². The summed E-state index contributed by atoms with van der Waals surface area (Å²) >= 11 is 6.04. The van der Waals surface area contributed by atoms with Gasteiger partial charge < -0.3 is 29.3 Å². The first kappa shape index (κ1) is 32.5. The lowest BCUT2D eigenvalue weighted by Gasteiger charge is -2.44. The third kappa shape index (κ3) is 8.45. The number of likely N-dealkylation sites (N-methyl/N-ethyl adjacent to an activating group) is 1. The SMILES string of the molecule is COc1ccccc1COCCCOc1ccc(C2=C(C(=O)N(C)CCc3ccc(Cl)cc3)[C@H]3CN(C(C)=O)C[C@@H](C2)N3)cc1. The van der Waals surface area contributed by atoms with Crippen molar-refractivity contribution in [2.75, 3.05) is 47.0 Å². The molecule has 2 heterocycles. The lowest BCUT2D eigenvalue weighted by Crippen LogP contribution is -2.61. The highest BCUT2D eigenvalue weighted by Crippen LogP contribution is 2.35. The minimum atomic E-state index is -0.228. The van der Waals surface area contributed by atoms with E-state index < -0.39 is 0 Å². The van der Waals surface area contributed by atoms with Gasteiger partial charge in [-0.05, 0) is 59.9 Å². The molecule has 238 valence electrons. The van der Waals surface area contributed by atoms with E-state index in [1.807, 2.05) is 84.7 Å². The summed E-state index contributed by atoms with van der Waals surface area (Å²) in [5, 5.41) is 4.31. The molecule has 2 amide bonds. The average Bonchev–Trinajstić information content (AvgIpc) is 3.05. The Morgan fingerprint density at radius 1 is 1.00 bits per heavy atom. The Morgan fingerprint density at radius 3 is 2.49 bits per heavy atom. The number of ether oxygens (including phenoxy) is 3. The Bertz CT molecular complexity index is 1490. The molecule has 0 spiro atoms. The zero-order valence-corrected chi connectivity index (χ0v) is 27.0. The molecule has 8 nitrogen and oxygen atoms in total. The standard InChI is InChI=1S/C36H42ClN3O5/c1-25(41)40-22-30-21-32(35(33(23-40)38-30)36(42)39(2)18-17-26-9-13-29(37)14-10-26)27-11-15-31(16-12-27)45-20-6-19-44-24-28-7-4-5-8-34(28)43-3/h4-5,7-16,30,33,38H,6,17-24H2,1-3H3/t30-,33-/m1/s1. The molecule has 0 saturated carbocycles. The molecule has 3 aromatic rings. The smallest absolute Gasteiger partial charge is 0.251 e. The van der Waals surface area contributed by atoms with Crippen LogP contribution in [0.5, 0.6) is 11.5 Å². The number of halogens is 1. The lowest BCUT2D eigenvalue weighted by molar-refractivity contribution is -0.132. The number of benzene rings is 3. The molecule has 0 unspecified atom stereocenters. The molecule has 5 rings (SSSR count). The highest BCUT2D eigenvalue weighted by molar-refractivity contribution is 6.30. The van der Waals surface area contributed by atoms with Gasteiger partial charge in [0.05, 0.1) is 33.0 Å². The van der Waals surface area contributed by atoms with Crippen molar-refractivity contribution in [3.63, 3.8) is 0 Å². The quantitative estimate of drug-likeness (QED) is 0.255. The largest absolute Gasteiger partial charge is 0.496 e. The van der Waals surface area contributed by atoms with Crippen molar-refractivity contribution >= 4 is 29.0 Å². The molecule has 2 atom stereocenters. The van der Waals surface area contributed by atoms with Crippen molar-refractivity contribution in [1.29, 1.82) is 0 Å². The molecule has 2 aliphatic rings. The molecule has 0 aliphatic carbocycles. The molecule has 2 bridgehead atoms. The molecule has 0 aromatic heterocycles. The van der Waals surface area contributed by atoms with Crippen LogP contribution in [0.4, 0.5) is 0 Å². The maximum absolute atomic E-state index is 14.0. The molecule has 45 heavy (non-hydrogen) atoms. The Labute approximate surface area is 270 Å². The van der Waals surface area contributed by atoms with Gasteiger partial charge in [0.15, 0.2) is 0 Å². The van der Waals surface area contributed by atoms with Crippen molar-refractivity contribution in [3.05, 3.63) is 100 Å². The number of carbonyl (C=O) groups excluding carboxylic acids is 2. The number of para-hydroxylation sites is 1. The number of fused-ring (bicyclic) bond motifs is 2. The first-order valence-electron chi connectivity index (χ1n) is 15.5. The fraction of sp³-hybridized carbons (Fsp3) is 0.389. The molecule has 1 N–H and O–H groups in total. The van der Waals surface area contributed by atoms with Gasteiger partial charge in [-0.2, -0.15) is 0 Å². The third-order valence-electron chi connectivity index (χ3n) is 8.43. The predicted octanol–water partition coefficient (Wildman–Crippen LogP) is 5.38. The summed E-state index contributed by atoms with van der Waals surface area (Å²) in [6.07, 6.45) is 2.14. The van der Waals surface area contributed by atoms with E-state index in [1.165, 1.54) is 0 Å². The van der Waals surface area contributed by atoms with E-state index >= 15 is 0 Å². The Morgan fingerprint density at radius 2 is 1.76 bits per heavy atom. The number of nitrogens with one attached hydrogen (secondary N) is 1. The van der Waals surface area contributed by atoms with Crippen LogP contribution < -0.4 is 14.8 Å². The van der Waals surface area contributed by atoms with Gasteiger partial charge in [0, 0.05) is 62.2 Å². The van der Waals surface area contributed by atoms with Crippen LogP contribution in [0.2, 0.25) is 5.02 Å². The van der Waals surface area contributed by atoms with E-state index in [2.05, 4.69) is 5.32 Å². The molecule has 9 heteroatoms. The second-order valence-corrected chi connectivity index (χ2v) is 12.1. The van der Waals surface area contributed by atoms with Gasteiger partial charge in [-0.25, -0.2) is 0 Å². The van der Waals surface area contributed by atoms with Crippen molar-refractivity contribution in [2.45, 2.75) is 44.9 Å². The number of methoxy groups -OCH3 is 1. The molecule has 2 aliphatic heterocycles. The highest BCUT2D eigenvalue weighted by Gasteiger charge is 2.39. The first-order chi connectivity index (χ1) is 21.8. The monoisotopic (exact) mass is 631 g/mol. The summed E-state index contributed by atoms with van der Waals surface area (Å²) < 4.78 is 17.2. The topological polar surface area (TPSA) is 80.3 Å². The Hall–Kier alpha value is -3.85. The minimum absolute atomic E-state index is 0.0197.